The van der Waals surface area contributed by atoms with Gasteiger partial charge in [-0.3, -0.25) is 0 Å². The minimum Gasteiger partial charge on any atom is -0.223 e. The van der Waals surface area contributed by atoms with E-state index in [1.54, 1.807) is 42.5 Å². The lowest BCUT2D eigenvalue weighted by Crippen LogP contribution is -2.12. The summed E-state index contributed by atoms with van der Waals surface area (Å²) in [4.78, 5) is 0.215. The zero-order valence-corrected chi connectivity index (χ0v) is 14.2. The second kappa shape index (κ2) is 5.16. The Hall–Kier alpha value is -1.30. The minimum absolute atomic E-state index is 0.164. The predicted octanol–water partition coefficient (Wildman–Crippen LogP) is 4.60. The van der Waals surface area contributed by atoms with Crippen LogP contribution in [-0.2, 0) is 10.0 Å². The first kappa shape index (κ1) is 14.6. The third-order valence-electron chi connectivity index (χ3n) is 3.27. The largest absolute Gasteiger partial charge is 0.269 e. The van der Waals surface area contributed by atoms with Crippen molar-refractivity contribution < 1.29 is 8.42 Å². The fraction of sp³-hybridized carbons (Fsp3) is 0.0667. The molecule has 108 valence electrons. The number of halogens is 2. The lowest BCUT2D eigenvalue weighted by molar-refractivity contribution is 0.589. The third kappa shape index (κ3) is 2.39. The van der Waals surface area contributed by atoms with Gasteiger partial charge in [0.2, 0.25) is 0 Å². The molecule has 0 radical (unpaired) electrons. The summed E-state index contributed by atoms with van der Waals surface area (Å²) in [5.74, 6) is 0. The molecular formula is C15H11BrClNO2S. The lowest BCUT2D eigenvalue weighted by atomic mass is 10.2. The average Bonchev–Trinajstić information content (AvgIpc) is 2.77. The highest BCUT2D eigenvalue weighted by Crippen LogP contribution is 2.32. The van der Waals surface area contributed by atoms with Crippen molar-refractivity contribution in [3.63, 3.8) is 0 Å². The van der Waals surface area contributed by atoms with E-state index in [1.165, 1.54) is 3.97 Å². The standard InChI is InChI=1S/C15H11BrClNO2S/c1-10-5-7-11(8-6-10)21(19,20)18-14-4-2-3-13(16)12(14)9-15(18)17/h2-9H,1H3. The Balaban J connectivity index is 2.31. The molecule has 0 aliphatic carbocycles. The molecule has 0 amide bonds. The van der Waals surface area contributed by atoms with Crippen LogP contribution in [0.1, 0.15) is 5.56 Å². The smallest absolute Gasteiger partial charge is 0.223 e. The fourth-order valence-electron chi connectivity index (χ4n) is 2.20. The molecule has 0 unspecified atom stereocenters. The molecule has 0 aliphatic rings. The zero-order valence-electron chi connectivity index (χ0n) is 11.0. The molecule has 0 aliphatic heterocycles. The highest BCUT2D eigenvalue weighted by atomic mass is 79.9. The van der Waals surface area contributed by atoms with Gasteiger partial charge in [-0.15, -0.1) is 0 Å². The van der Waals surface area contributed by atoms with E-state index in [-0.39, 0.29) is 10.0 Å². The maximum absolute atomic E-state index is 12.8. The molecule has 6 heteroatoms. The summed E-state index contributed by atoms with van der Waals surface area (Å²) in [6.45, 7) is 1.91. The molecule has 0 spiro atoms. The SMILES string of the molecule is Cc1ccc(S(=O)(=O)n2c(Cl)cc3c(Br)cccc32)cc1. The van der Waals surface area contributed by atoms with Gasteiger partial charge in [-0.25, -0.2) is 12.4 Å². The zero-order chi connectivity index (χ0) is 15.2. The summed E-state index contributed by atoms with van der Waals surface area (Å²) in [6, 6.07) is 13.7. The van der Waals surface area contributed by atoms with Crippen LogP contribution in [0.25, 0.3) is 10.9 Å². The van der Waals surface area contributed by atoms with Crippen LogP contribution in [0, 0.1) is 6.92 Å². The van der Waals surface area contributed by atoms with Crippen molar-refractivity contribution in [1.82, 2.24) is 3.97 Å². The van der Waals surface area contributed by atoms with Crippen LogP contribution in [0.15, 0.2) is 57.9 Å². The Morgan fingerprint density at radius 3 is 2.43 bits per heavy atom. The van der Waals surface area contributed by atoms with Crippen molar-refractivity contribution in [3.05, 3.63) is 63.7 Å². The summed E-state index contributed by atoms with van der Waals surface area (Å²) in [6.07, 6.45) is 0. The highest BCUT2D eigenvalue weighted by Gasteiger charge is 2.22. The van der Waals surface area contributed by atoms with Gasteiger partial charge < -0.3 is 0 Å². The van der Waals surface area contributed by atoms with E-state index in [4.69, 9.17) is 11.6 Å². The Kier molecular flexibility index (Phi) is 3.59. The number of rotatable bonds is 2. The molecule has 3 rings (SSSR count). The molecular weight excluding hydrogens is 374 g/mol. The van der Waals surface area contributed by atoms with Crippen LogP contribution in [0.4, 0.5) is 0 Å². The number of fused-ring (bicyclic) bond motifs is 1. The highest BCUT2D eigenvalue weighted by molar-refractivity contribution is 9.10. The second-order valence-corrected chi connectivity index (χ2v) is 7.75. The van der Waals surface area contributed by atoms with E-state index < -0.39 is 10.0 Å². The van der Waals surface area contributed by atoms with E-state index in [2.05, 4.69) is 15.9 Å². The van der Waals surface area contributed by atoms with Gasteiger partial charge in [0.15, 0.2) is 0 Å². The molecule has 1 aromatic heterocycles. The van der Waals surface area contributed by atoms with Crippen LogP contribution >= 0.6 is 27.5 Å². The van der Waals surface area contributed by atoms with Crippen LogP contribution < -0.4 is 0 Å². The maximum atomic E-state index is 12.8. The third-order valence-corrected chi connectivity index (χ3v) is 6.08. The van der Waals surface area contributed by atoms with Crippen molar-refractivity contribution in [2.24, 2.45) is 0 Å². The molecule has 1 heterocycles. The van der Waals surface area contributed by atoms with Gasteiger partial charge in [-0.1, -0.05) is 51.3 Å². The van der Waals surface area contributed by atoms with Gasteiger partial charge in [-0.2, -0.15) is 0 Å². The normalized spacial score (nSPS) is 12.0. The van der Waals surface area contributed by atoms with Gasteiger partial charge in [0.05, 0.1) is 10.4 Å². The molecule has 0 bridgehead atoms. The van der Waals surface area contributed by atoms with E-state index in [1.807, 2.05) is 13.0 Å². The first-order valence-corrected chi connectivity index (χ1v) is 8.80. The predicted molar refractivity (Wildman–Crippen MR) is 88.4 cm³/mol. The van der Waals surface area contributed by atoms with Gasteiger partial charge >= 0.3 is 0 Å². The summed E-state index contributed by atoms with van der Waals surface area (Å²) < 4.78 is 27.6. The Bertz CT molecular complexity index is 930. The molecule has 0 fully saturated rings. The van der Waals surface area contributed by atoms with Crippen molar-refractivity contribution in [3.8, 4) is 0 Å². The number of aromatic nitrogens is 1. The second-order valence-electron chi connectivity index (χ2n) is 4.72. The molecule has 0 saturated carbocycles. The maximum Gasteiger partial charge on any atom is 0.269 e. The first-order valence-electron chi connectivity index (χ1n) is 6.19. The van der Waals surface area contributed by atoms with Gasteiger partial charge in [0, 0.05) is 9.86 Å². The minimum atomic E-state index is -3.72. The topological polar surface area (TPSA) is 39.1 Å². The van der Waals surface area contributed by atoms with Gasteiger partial charge in [0.1, 0.15) is 5.15 Å². The molecule has 21 heavy (non-hydrogen) atoms. The summed E-state index contributed by atoms with van der Waals surface area (Å²) in [5, 5.41) is 0.927. The molecule has 3 nitrogen and oxygen atoms in total. The fourth-order valence-corrected chi connectivity index (χ4v) is 4.53. The lowest BCUT2D eigenvalue weighted by Gasteiger charge is -2.09. The van der Waals surface area contributed by atoms with E-state index in [9.17, 15) is 8.42 Å². The van der Waals surface area contributed by atoms with Crippen molar-refractivity contribution in [1.29, 1.82) is 0 Å². The van der Waals surface area contributed by atoms with Crippen LogP contribution in [0.2, 0.25) is 5.15 Å². The average molecular weight is 385 g/mol. The number of benzene rings is 2. The number of hydrogen-bond acceptors (Lipinski definition) is 2. The Morgan fingerprint density at radius 2 is 1.76 bits per heavy atom. The quantitative estimate of drug-likeness (QED) is 0.647. The first-order chi connectivity index (χ1) is 9.91. The van der Waals surface area contributed by atoms with Crippen molar-refractivity contribution in [2.75, 3.05) is 0 Å². The van der Waals surface area contributed by atoms with Crippen LogP contribution in [0.5, 0.6) is 0 Å². The van der Waals surface area contributed by atoms with Gasteiger partial charge in [-0.05, 0) is 37.3 Å². The van der Waals surface area contributed by atoms with Crippen molar-refractivity contribution >= 4 is 48.5 Å². The molecule has 0 N–H and O–H groups in total. The van der Waals surface area contributed by atoms with Crippen molar-refractivity contribution in [2.45, 2.75) is 11.8 Å². The molecule has 2 aromatic carbocycles. The summed E-state index contributed by atoms with van der Waals surface area (Å²) >= 11 is 9.58. The van der Waals surface area contributed by atoms with E-state index in [0.29, 0.717) is 5.52 Å². The monoisotopic (exact) mass is 383 g/mol. The summed E-state index contributed by atoms with van der Waals surface area (Å²) in [7, 11) is -3.72. The van der Waals surface area contributed by atoms with E-state index in [0.717, 1.165) is 15.4 Å². The Labute approximate surface area is 136 Å². The number of aryl methyl sites for hydroxylation is 1. The van der Waals surface area contributed by atoms with Crippen LogP contribution in [-0.4, -0.2) is 12.4 Å². The molecule has 3 aromatic rings. The Morgan fingerprint density at radius 1 is 1.10 bits per heavy atom. The molecule has 0 saturated heterocycles. The molecule has 0 atom stereocenters. The van der Waals surface area contributed by atoms with Crippen LogP contribution in [0.3, 0.4) is 0 Å². The number of nitrogens with zero attached hydrogens (tertiary/aromatic N) is 1. The van der Waals surface area contributed by atoms with E-state index >= 15 is 0 Å². The van der Waals surface area contributed by atoms with Gasteiger partial charge in [0.25, 0.3) is 10.0 Å². The number of hydrogen-bond donors (Lipinski definition) is 0. The summed E-state index contributed by atoms with van der Waals surface area (Å²) in [5.41, 5.74) is 1.55.